The first-order chi connectivity index (χ1) is 9.01. The molecule has 0 bridgehead atoms. The Kier molecular flexibility index (Phi) is 6.12. The topological polar surface area (TPSA) is 47.7 Å². The Balaban J connectivity index is 3.02. The average Bonchev–Trinajstić information content (AvgIpc) is 2.38. The second-order valence-electron chi connectivity index (χ2n) is 5.23. The molecule has 0 saturated carbocycles. The molecular weight excluding hydrogens is 240 g/mol. The van der Waals surface area contributed by atoms with Gasteiger partial charge in [0.2, 0.25) is 0 Å². The van der Waals surface area contributed by atoms with E-state index >= 15 is 0 Å². The van der Waals surface area contributed by atoms with E-state index in [1.807, 2.05) is 18.2 Å². The van der Waals surface area contributed by atoms with Gasteiger partial charge in [0.1, 0.15) is 11.5 Å². The maximum Gasteiger partial charge on any atom is 0.122 e. The third-order valence-corrected chi connectivity index (χ3v) is 3.17. The van der Waals surface area contributed by atoms with Crippen molar-refractivity contribution < 1.29 is 9.47 Å². The summed E-state index contributed by atoms with van der Waals surface area (Å²) in [5, 5.41) is 0. The van der Waals surface area contributed by atoms with Gasteiger partial charge in [-0.1, -0.05) is 13.8 Å². The predicted octanol–water partition coefficient (Wildman–Crippen LogP) is 2.29. The minimum atomic E-state index is 0.173. The van der Waals surface area contributed by atoms with Gasteiger partial charge in [0.05, 0.1) is 14.2 Å². The van der Waals surface area contributed by atoms with Crippen LogP contribution in [-0.2, 0) is 0 Å². The molecule has 1 aromatic rings. The molecule has 0 aromatic heterocycles. The quantitative estimate of drug-likeness (QED) is 0.822. The van der Waals surface area contributed by atoms with E-state index in [1.54, 1.807) is 14.2 Å². The molecule has 0 spiro atoms. The Hall–Kier alpha value is -1.26. The lowest BCUT2D eigenvalue weighted by atomic mass is 10.0. The molecule has 0 heterocycles. The van der Waals surface area contributed by atoms with Gasteiger partial charge in [0, 0.05) is 25.2 Å². The van der Waals surface area contributed by atoms with Crippen molar-refractivity contribution in [3.63, 3.8) is 0 Å². The predicted molar refractivity (Wildman–Crippen MR) is 78.8 cm³/mol. The number of hydrogen-bond acceptors (Lipinski definition) is 4. The van der Waals surface area contributed by atoms with Crippen LogP contribution in [0.3, 0.4) is 0 Å². The minimum Gasteiger partial charge on any atom is -0.497 e. The van der Waals surface area contributed by atoms with E-state index < -0.39 is 0 Å². The van der Waals surface area contributed by atoms with Crippen LogP contribution >= 0.6 is 0 Å². The Morgan fingerprint density at radius 2 is 1.63 bits per heavy atom. The Bertz CT molecular complexity index is 371. The average molecular weight is 266 g/mol. The van der Waals surface area contributed by atoms with Gasteiger partial charge in [-0.2, -0.15) is 0 Å². The monoisotopic (exact) mass is 266 g/mol. The van der Waals surface area contributed by atoms with Crippen molar-refractivity contribution in [1.29, 1.82) is 0 Å². The van der Waals surface area contributed by atoms with E-state index in [0.717, 1.165) is 23.6 Å². The molecule has 19 heavy (non-hydrogen) atoms. The lowest BCUT2D eigenvalue weighted by Gasteiger charge is -2.29. The third kappa shape index (κ3) is 4.40. The zero-order chi connectivity index (χ0) is 14.4. The van der Waals surface area contributed by atoms with E-state index in [-0.39, 0.29) is 6.04 Å². The molecule has 1 atom stereocenters. The van der Waals surface area contributed by atoms with Crippen molar-refractivity contribution in [2.24, 2.45) is 11.7 Å². The number of hydrogen-bond donors (Lipinski definition) is 1. The first-order valence-electron chi connectivity index (χ1n) is 6.65. The number of rotatable bonds is 7. The Morgan fingerprint density at radius 3 is 2.00 bits per heavy atom. The summed E-state index contributed by atoms with van der Waals surface area (Å²) in [7, 11) is 5.42. The lowest BCUT2D eigenvalue weighted by Crippen LogP contribution is -2.33. The molecule has 1 aromatic carbocycles. The fourth-order valence-corrected chi connectivity index (χ4v) is 2.30. The molecule has 2 N–H and O–H groups in total. The van der Waals surface area contributed by atoms with Gasteiger partial charge in [-0.3, -0.25) is 4.90 Å². The van der Waals surface area contributed by atoms with E-state index in [0.29, 0.717) is 12.5 Å². The molecule has 4 nitrogen and oxygen atoms in total. The summed E-state index contributed by atoms with van der Waals surface area (Å²) in [4.78, 5) is 2.28. The van der Waals surface area contributed by atoms with E-state index in [1.165, 1.54) is 0 Å². The largest absolute Gasteiger partial charge is 0.497 e. The van der Waals surface area contributed by atoms with E-state index in [9.17, 15) is 0 Å². The maximum atomic E-state index is 5.94. The Morgan fingerprint density at radius 1 is 1.11 bits per heavy atom. The molecule has 0 aliphatic rings. The first-order valence-corrected chi connectivity index (χ1v) is 6.65. The number of nitrogens with zero attached hydrogens (tertiary/aromatic N) is 1. The van der Waals surface area contributed by atoms with Crippen LogP contribution in [0, 0.1) is 5.92 Å². The molecule has 0 radical (unpaired) electrons. The van der Waals surface area contributed by atoms with Gasteiger partial charge in [-0.25, -0.2) is 0 Å². The Labute approximate surface area is 116 Å². The zero-order valence-electron chi connectivity index (χ0n) is 12.6. The molecule has 0 saturated heterocycles. The van der Waals surface area contributed by atoms with Crippen molar-refractivity contribution in [3.05, 3.63) is 23.8 Å². The standard InChI is InChI=1S/C15H26N2O2/c1-11(2)10-17(3)15(9-16)12-6-13(18-4)8-14(7-12)19-5/h6-8,11,15H,9-10,16H2,1-5H3. The lowest BCUT2D eigenvalue weighted by molar-refractivity contribution is 0.223. The van der Waals surface area contributed by atoms with Crippen LogP contribution in [0.25, 0.3) is 0 Å². The summed E-state index contributed by atoms with van der Waals surface area (Å²) in [5.74, 6) is 2.20. The van der Waals surface area contributed by atoms with Crippen LogP contribution in [0.4, 0.5) is 0 Å². The number of benzene rings is 1. The molecule has 1 unspecified atom stereocenters. The molecule has 4 heteroatoms. The fraction of sp³-hybridized carbons (Fsp3) is 0.600. The van der Waals surface area contributed by atoms with E-state index in [2.05, 4.69) is 25.8 Å². The van der Waals surface area contributed by atoms with Crippen molar-refractivity contribution in [2.45, 2.75) is 19.9 Å². The third-order valence-electron chi connectivity index (χ3n) is 3.17. The summed E-state index contributed by atoms with van der Waals surface area (Å²) in [6.07, 6.45) is 0. The van der Waals surface area contributed by atoms with Gasteiger partial charge in [-0.15, -0.1) is 0 Å². The maximum absolute atomic E-state index is 5.94. The van der Waals surface area contributed by atoms with Gasteiger partial charge in [0.25, 0.3) is 0 Å². The van der Waals surface area contributed by atoms with Crippen molar-refractivity contribution in [1.82, 2.24) is 4.90 Å². The highest BCUT2D eigenvalue weighted by Crippen LogP contribution is 2.28. The second kappa shape index (κ2) is 7.36. The number of methoxy groups -OCH3 is 2. The highest BCUT2D eigenvalue weighted by atomic mass is 16.5. The van der Waals surface area contributed by atoms with Crippen LogP contribution < -0.4 is 15.2 Å². The normalized spacial score (nSPS) is 12.8. The summed E-state index contributed by atoms with van der Waals surface area (Å²) < 4.78 is 10.6. The highest BCUT2D eigenvalue weighted by Gasteiger charge is 2.18. The van der Waals surface area contributed by atoms with Crippen LogP contribution in [0.15, 0.2) is 18.2 Å². The van der Waals surface area contributed by atoms with Gasteiger partial charge in [0.15, 0.2) is 0 Å². The van der Waals surface area contributed by atoms with E-state index in [4.69, 9.17) is 15.2 Å². The molecule has 0 aliphatic heterocycles. The molecular formula is C15H26N2O2. The van der Waals surface area contributed by atoms with Crippen LogP contribution in [0.1, 0.15) is 25.5 Å². The number of nitrogens with two attached hydrogens (primary N) is 1. The van der Waals surface area contributed by atoms with Crippen molar-refractivity contribution >= 4 is 0 Å². The second-order valence-corrected chi connectivity index (χ2v) is 5.23. The SMILES string of the molecule is COc1cc(OC)cc(C(CN)N(C)CC(C)C)c1. The number of likely N-dealkylation sites (N-methyl/N-ethyl adjacent to an activating group) is 1. The van der Waals surface area contributed by atoms with Crippen LogP contribution in [0.2, 0.25) is 0 Å². The van der Waals surface area contributed by atoms with Crippen LogP contribution in [0.5, 0.6) is 11.5 Å². The summed E-state index contributed by atoms with van der Waals surface area (Å²) >= 11 is 0. The van der Waals surface area contributed by atoms with Gasteiger partial charge < -0.3 is 15.2 Å². The van der Waals surface area contributed by atoms with Gasteiger partial charge in [-0.05, 0) is 30.7 Å². The molecule has 0 amide bonds. The number of ether oxygens (including phenoxy) is 2. The molecule has 0 fully saturated rings. The van der Waals surface area contributed by atoms with Crippen molar-refractivity contribution in [2.75, 3.05) is 34.4 Å². The molecule has 0 aliphatic carbocycles. The molecule has 1 rings (SSSR count). The van der Waals surface area contributed by atoms with Gasteiger partial charge >= 0.3 is 0 Å². The smallest absolute Gasteiger partial charge is 0.122 e. The summed E-state index contributed by atoms with van der Waals surface area (Å²) in [5.41, 5.74) is 7.07. The zero-order valence-corrected chi connectivity index (χ0v) is 12.6. The summed E-state index contributed by atoms with van der Waals surface area (Å²) in [6, 6.07) is 6.10. The summed E-state index contributed by atoms with van der Waals surface area (Å²) in [6.45, 7) is 5.98. The molecule has 108 valence electrons. The fourth-order valence-electron chi connectivity index (χ4n) is 2.30. The van der Waals surface area contributed by atoms with Crippen LogP contribution in [-0.4, -0.2) is 39.3 Å². The first kappa shape index (κ1) is 15.8. The van der Waals surface area contributed by atoms with Crippen molar-refractivity contribution in [3.8, 4) is 11.5 Å². The minimum absolute atomic E-state index is 0.173. The highest BCUT2D eigenvalue weighted by molar-refractivity contribution is 5.40.